The average molecular weight is 271 g/mol. The first kappa shape index (κ1) is 14.3. The summed E-state index contributed by atoms with van der Waals surface area (Å²) in [5.41, 5.74) is 0.141. The Bertz CT molecular complexity index is 495. The van der Waals surface area contributed by atoms with Gasteiger partial charge in [-0.25, -0.2) is 4.79 Å². The Morgan fingerprint density at radius 2 is 2.00 bits per heavy atom. The number of benzene rings is 1. The van der Waals surface area contributed by atoms with E-state index in [-0.39, 0.29) is 16.7 Å². The maximum atomic E-state index is 11.7. The number of carbonyl (C=O) groups is 3. The van der Waals surface area contributed by atoms with Crippen molar-refractivity contribution in [2.24, 2.45) is 0 Å². The highest BCUT2D eigenvalue weighted by molar-refractivity contribution is 6.34. The van der Waals surface area contributed by atoms with Gasteiger partial charge in [0.05, 0.1) is 5.38 Å². The van der Waals surface area contributed by atoms with Crippen molar-refractivity contribution in [2.45, 2.75) is 18.4 Å². The summed E-state index contributed by atoms with van der Waals surface area (Å²) in [4.78, 5) is 33.1. The summed E-state index contributed by atoms with van der Waals surface area (Å²) in [7, 11) is 0. The number of carboxylic acids is 1. The van der Waals surface area contributed by atoms with Crippen molar-refractivity contribution >= 4 is 29.6 Å². The SMILES string of the molecule is CC(Cl)C(=O)c1ccc(C(O)C(=O)O)cc1C=O. The number of rotatable bonds is 5. The number of hydrogen-bond acceptors (Lipinski definition) is 4. The van der Waals surface area contributed by atoms with Crippen LogP contribution in [0.3, 0.4) is 0 Å². The van der Waals surface area contributed by atoms with Crippen LogP contribution in [0.1, 0.15) is 39.3 Å². The van der Waals surface area contributed by atoms with E-state index in [1.54, 1.807) is 0 Å². The van der Waals surface area contributed by atoms with Gasteiger partial charge in [-0.05, 0) is 18.6 Å². The molecule has 2 atom stereocenters. The Kier molecular flexibility index (Phi) is 4.58. The maximum Gasteiger partial charge on any atom is 0.337 e. The van der Waals surface area contributed by atoms with E-state index in [4.69, 9.17) is 16.7 Å². The van der Waals surface area contributed by atoms with E-state index in [9.17, 15) is 19.5 Å². The molecule has 0 saturated heterocycles. The standard InChI is InChI=1S/C12H11ClO5/c1-6(13)10(15)9-3-2-7(4-8(9)5-14)11(16)12(17)18/h2-6,11,16H,1H3,(H,17,18). The molecule has 0 amide bonds. The molecule has 2 N–H and O–H groups in total. The number of halogens is 1. The highest BCUT2D eigenvalue weighted by atomic mass is 35.5. The molecule has 2 unspecified atom stereocenters. The summed E-state index contributed by atoms with van der Waals surface area (Å²) in [6.07, 6.45) is -1.31. The molecular formula is C12H11ClO5. The lowest BCUT2D eigenvalue weighted by atomic mass is 9.98. The fourth-order valence-electron chi connectivity index (χ4n) is 1.43. The van der Waals surface area contributed by atoms with Crippen LogP contribution in [0.5, 0.6) is 0 Å². The van der Waals surface area contributed by atoms with Gasteiger partial charge in [-0.3, -0.25) is 9.59 Å². The molecule has 1 rings (SSSR count). The average Bonchev–Trinajstić information content (AvgIpc) is 2.35. The second kappa shape index (κ2) is 5.75. The summed E-state index contributed by atoms with van der Waals surface area (Å²) >= 11 is 5.64. The number of Topliss-reactive ketones (excluding diaryl/α,β-unsaturated/α-hetero) is 1. The number of aliphatic carboxylic acids is 1. The Morgan fingerprint density at radius 3 is 2.44 bits per heavy atom. The van der Waals surface area contributed by atoms with E-state index in [1.807, 2.05) is 0 Å². The molecule has 0 aliphatic carbocycles. The van der Waals surface area contributed by atoms with Crippen molar-refractivity contribution in [3.63, 3.8) is 0 Å². The number of hydrogen-bond donors (Lipinski definition) is 2. The van der Waals surface area contributed by atoms with E-state index in [1.165, 1.54) is 19.1 Å². The van der Waals surface area contributed by atoms with E-state index < -0.39 is 23.2 Å². The predicted molar refractivity (Wildman–Crippen MR) is 64.1 cm³/mol. The predicted octanol–water partition coefficient (Wildman–Crippen LogP) is 1.43. The zero-order valence-electron chi connectivity index (χ0n) is 9.46. The van der Waals surface area contributed by atoms with Gasteiger partial charge in [-0.2, -0.15) is 0 Å². The lowest BCUT2D eigenvalue weighted by molar-refractivity contribution is -0.146. The van der Waals surface area contributed by atoms with Gasteiger partial charge < -0.3 is 10.2 Å². The van der Waals surface area contributed by atoms with Gasteiger partial charge in [0.2, 0.25) is 0 Å². The largest absolute Gasteiger partial charge is 0.479 e. The zero-order valence-corrected chi connectivity index (χ0v) is 10.2. The van der Waals surface area contributed by atoms with E-state index in [0.29, 0.717) is 6.29 Å². The van der Waals surface area contributed by atoms with E-state index in [2.05, 4.69) is 0 Å². The number of aldehydes is 1. The molecule has 0 radical (unpaired) electrons. The number of aliphatic hydroxyl groups excluding tert-OH is 1. The first-order valence-corrected chi connectivity index (χ1v) is 5.50. The number of carboxylic acid groups (broad SMARTS) is 1. The Labute approximate surface area is 108 Å². The van der Waals surface area contributed by atoms with Crippen molar-refractivity contribution in [1.82, 2.24) is 0 Å². The molecule has 1 aromatic carbocycles. The molecule has 18 heavy (non-hydrogen) atoms. The molecule has 0 aliphatic heterocycles. The minimum absolute atomic E-state index is 0.00491. The first-order valence-electron chi connectivity index (χ1n) is 5.06. The fraction of sp³-hybridized carbons (Fsp3) is 0.250. The molecule has 6 heteroatoms. The Morgan fingerprint density at radius 1 is 1.39 bits per heavy atom. The monoisotopic (exact) mass is 270 g/mol. The fourth-order valence-corrected chi connectivity index (χ4v) is 1.55. The molecule has 0 saturated carbocycles. The van der Waals surface area contributed by atoms with Crippen LogP contribution in [0.15, 0.2) is 18.2 Å². The Balaban J connectivity index is 3.23. The number of alkyl halides is 1. The molecule has 0 aromatic heterocycles. The number of aliphatic hydroxyl groups is 1. The molecule has 0 bridgehead atoms. The van der Waals surface area contributed by atoms with Crippen LogP contribution < -0.4 is 0 Å². The maximum absolute atomic E-state index is 11.7. The molecule has 5 nitrogen and oxygen atoms in total. The summed E-state index contributed by atoms with van der Waals surface area (Å²) in [6, 6.07) is 3.73. The minimum atomic E-state index is -1.73. The van der Waals surface area contributed by atoms with Crippen LogP contribution in [0.2, 0.25) is 0 Å². The summed E-state index contributed by atoms with van der Waals surface area (Å²) in [5.74, 6) is -1.87. The third-order valence-electron chi connectivity index (χ3n) is 2.38. The van der Waals surface area contributed by atoms with Crippen LogP contribution in [-0.2, 0) is 4.79 Å². The van der Waals surface area contributed by atoms with Crippen LogP contribution in [-0.4, -0.2) is 33.6 Å². The van der Waals surface area contributed by atoms with Gasteiger partial charge in [-0.15, -0.1) is 11.6 Å². The van der Waals surface area contributed by atoms with Crippen molar-refractivity contribution < 1.29 is 24.6 Å². The van der Waals surface area contributed by atoms with Gasteiger partial charge >= 0.3 is 5.97 Å². The molecular weight excluding hydrogens is 260 g/mol. The van der Waals surface area contributed by atoms with E-state index in [0.717, 1.165) is 6.07 Å². The highest BCUT2D eigenvalue weighted by Gasteiger charge is 2.20. The quantitative estimate of drug-likeness (QED) is 0.480. The highest BCUT2D eigenvalue weighted by Crippen LogP contribution is 2.19. The summed E-state index contributed by atoms with van der Waals surface area (Å²) < 4.78 is 0. The van der Waals surface area contributed by atoms with Gasteiger partial charge in [0.25, 0.3) is 0 Å². The van der Waals surface area contributed by atoms with Crippen LogP contribution in [0.4, 0.5) is 0 Å². The number of carbonyl (C=O) groups excluding carboxylic acids is 2. The van der Waals surface area contributed by atoms with Crippen molar-refractivity contribution in [3.8, 4) is 0 Å². The summed E-state index contributed by atoms with van der Waals surface area (Å²) in [6.45, 7) is 1.47. The summed E-state index contributed by atoms with van der Waals surface area (Å²) in [5, 5.41) is 17.2. The topological polar surface area (TPSA) is 91.7 Å². The Hall–Kier alpha value is -1.72. The number of ketones is 1. The normalized spacial score (nSPS) is 13.7. The molecule has 96 valence electrons. The van der Waals surface area contributed by atoms with Gasteiger partial charge in [0.15, 0.2) is 18.2 Å². The van der Waals surface area contributed by atoms with Crippen molar-refractivity contribution in [2.75, 3.05) is 0 Å². The molecule has 1 aromatic rings. The smallest absolute Gasteiger partial charge is 0.337 e. The minimum Gasteiger partial charge on any atom is -0.479 e. The lowest BCUT2D eigenvalue weighted by Gasteiger charge is -2.10. The lowest BCUT2D eigenvalue weighted by Crippen LogP contribution is -2.15. The van der Waals surface area contributed by atoms with Gasteiger partial charge in [0, 0.05) is 11.1 Å². The first-order chi connectivity index (χ1) is 8.38. The van der Waals surface area contributed by atoms with Crippen LogP contribution in [0, 0.1) is 0 Å². The molecule has 0 aliphatic rings. The zero-order chi connectivity index (χ0) is 13.9. The van der Waals surface area contributed by atoms with Crippen molar-refractivity contribution in [1.29, 1.82) is 0 Å². The molecule has 0 heterocycles. The van der Waals surface area contributed by atoms with Crippen LogP contribution in [0.25, 0.3) is 0 Å². The van der Waals surface area contributed by atoms with Crippen molar-refractivity contribution in [3.05, 3.63) is 34.9 Å². The van der Waals surface area contributed by atoms with Crippen LogP contribution >= 0.6 is 11.6 Å². The second-order valence-electron chi connectivity index (χ2n) is 3.69. The molecule has 0 spiro atoms. The third-order valence-corrected chi connectivity index (χ3v) is 2.58. The van der Waals surface area contributed by atoms with E-state index >= 15 is 0 Å². The molecule has 0 fully saturated rings. The second-order valence-corrected chi connectivity index (χ2v) is 4.34. The third kappa shape index (κ3) is 2.94. The van der Waals surface area contributed by atoms with Gasteiger partial charge in [-0.1, -0.05) is 12.1 Å². The van der Waals surface area contributed by atoms with Gasteiger partial charge in [0.1, 0.15) is 0 Å².